The van der Waals surface area contributed by atoms with E-state index < -0.39 is 0 Å². The zero-order chi connectivity index (χ0) is 15.2. The van der Waals surface area contributed by atoms with Crippen molar-refractivity contribution >= 4 is 34.2 Å². The average Bonchev–Trinajstić information content (AvgIpc) is 2.50. The molecule has 6 heteroatoms. The Kier molecular flexibility index (Phi) is 6.17. The van der Waals surface area contributed by atoms with Gasteiger partial charge in [0.25, 0.3) is 5.56 Å². The van der Waals surface area contributed by atoms with Crippen molar-refractivity contribution in [2.75, 3.05) is 4.43 Å². The number of aromatic amines is 1. The maximum absolute atomic E-state index is 12.1. The van der Waals surface area contributed by atoms with Crippen molar-refractivity contribution in [3.8, 4) is 11.4 Å². The molecule has 21 heavy (non-hydrogen) atoms. The first-order valence-corrected chi connectivity index (χ1v) is 8.83. The van der Waals surface area contributed by atoms with Gasteiger partial charge in [0.2, 0.25) is 0 Å². The van der Waals surface area contributed by atoms with E-state index in [2.05, 4.69) is 44.5 Å². The van der Waals surface area contributed by atoms with Gasteiger partial charge in [-0.15, -0.1) is 0 Å². The Labute approximate surface area is 142 Å². The predicted molar refractivity (Wildman–Crippen MR) is 94.3 cm³/mol. The zero-order valence-corrected chi connectivity index (χ0v) is 14.7. The van der Waals surface area contributed by atoms with Gasteiger partial charge in [-0.1, -0.05) is 47.5 Å². The van der Waals surface area contributed by atoms with Crippen molar-refractivity contribution < 1.29 is 0 Å². The Balaban J connectivity index is 2.50. The molecular formula is C15H17ClIN3O. The standard InChI is InChI=1S/C15H17ClIN3O/c1-2-3-10(4-7-17)13-12(16)15(21)20-14(19-13)11-5-8-18-9-6-11/h5-6,8-10H,2-4,7H2,1H3,(H,19,20,21). The molecule has 1 unspecified atom stereocenters. The second kappa shape index (κ2) is 7.89. The lowest BCUT2D eigenvalue weighted by Crippen LogP contribution is -2.16. The molecule has 0 aliphatic carbocycles. The van der Waals surface area contributed by atoms with Crippen LogP contribution in [0.1, 0.15) is 37.8 Å². The lowest BCUT2D eigenvalue weighted by molar-refractivity contribution is 0.587. The molecule has 0 spiro atoms. The monoisotopic (exact) mass is 417 g/mol. The van der Waals surface area contributed by atoms with Crippen LogP contribution in [0.4, 0.5) is 0 Å². The molecule has 2 rings (SSSR count). The van der Waals surface area contributed by atoms with Gasteiger partial charge >= 0.3 is 0 Å². The Bertz CT molecular complexity index is 639. The van der Waals surface area contributed by atoms with Gasteiger partial charge in [0.05, 0.1) is 5.69 Å². The molecule has 0 fully saturated rings. The smallest absolute Gasteiger partial charge is 0.270 e. The number of pyridine rings is 1. The van der Waals surface area contributed by atoms with Crippen LogP contribution >= 0.6 is 34.2 Å². The summed E-state index contributed by atoms with van der Waals surface area (Å²) in [4.78, 5) is 23.4. The highest BCUT2D eigenvalue weighted by Crippen LogP contribution is 2.29. The van der Waals surface area contributed by atoms with E-state index in [0.717, 1.165) is 29.3 Å². The Morgan fingerprint density at radius 2 is 2.05 bits per heavy atom. The quantitative estimate of drug-likeness (QED) is 0.566. The number of hydrogen-bond acceptors (Lipinski definition) is 3. The van der Waals surface area contributed by atoms with Crippen LogP contribution < -0.4 is 5.56 Å². The molecule has 2 aromatic heterocycles. The molecule has 4 nitrogen and oxygen atoms in total. The number of nitrogens with zero attached hydrogens (tertiary/aromatic N) is 2. The fourth-order valence-corrected chi connectivity index (χ4v) is 3.29. The third-order valence-electron chi connectivity index (χ3n) is 3.32. The van der Waals surface area contributed by atoms with Gasteiger partial charge in [-0.2, -0.15) is 0 Å². The molecule has 2 heterocycles. The van der Waals surface area contributed by atoms with Crippen molar-refractivity contribution in [3.05, 3.63) is 45.6 Å². The summed E-state index contributed by atoms with van der Waals surface area (Å²) < 4.78 is 1.01. The van der Waals surface area contributed by atoms with Crippen molar-refractivity contribution in [1.82, 2.24) is 15.0 Å². The molecule has 0 bridgehead atoms. The van der Waals surface area contributed by atoms with E-state index in [1.165, 1.54) is 0 Å². The SMILES string of the molecule is CCCC(CCI)c1nc(-c2ccncc2)[nH]c(=O)c1Cl. The summed E-state index contributed by atoms with van der Waals surface area (Å²) >= 11 is 8.54. The van der Waals surface area contributed by atoms with Crippen molar-refractivity contribution in [3.63, 3.8) is 0 Å². The van der Waals surface area contributed by atoms with Crippen LogP contribution in [0.15, 0.2) is 29.3 Å². The van der Waals surface area contributed by atoms with Gasteiger partial charge in [0, 0.05) is 28.3 Å². The molecule has 0 amide bonds. The first-order chi connectivity index (χ1) is 10.2. The summed E-state index contributed by atoms with van der Waals surface area (Å²) in [5.41, 5.74) is 1.28. The number of halogens is 2. The van der Waals surface area contributed by atoms with Gasteiger partial charge in [0.15, 0.2) is 0 Å². The molecule has 0 saturated heterocycles. The summed E-state index contributed by atoms with van der Waals surface area (Å²) in [7, 11) is 0. The topological polar surface area (TPSA) is 58.6 Å². The normalized spacial score (nSPS) is 12.3. The third-order valence-corrected chi connectivity index (χ3v) is 4.31. The minimum Gasteiger partial charge on any atom is -0.305 e. The van der Waals surface area contributed by atoms with Gasteiger partial charge in [-0.25, -0.2) is 4.98 Å². The van der Waals surface area contributed by atoms with Crippen LogP contribution in [-0.4, -0.2) is 19.4 Å². The molecule has 0 aliphatic rings. The number of H-pyrrole nitrogens is 1. The molecule has 0 aromatic carbocycles. The number of rotatable bonds is 6. The lowest BCUT2D eigenvalue weighted by Gasteiger charge is -2.16. The van der Waals surface area contributed by atoms with E-state index in [-0.39, 0.29) is 16.5 Å². The van der Waals surface area contributed by atoms with E-state index in [1.54, 1.807) is 12.4 Å². The summed E-state index contributed by atoms with van der Waals surface area (Å²) in [6.45, 7) is 2.13. The fourth-order valence-electron chi connectivity index (χ4n) is 2.29. The van der Waals surface area contributed by atoms with E-state index in [1.807, 2.05) is 12.1 Å². The average molecular weight is 418 g/mol. The maximum Gasteiger partial charge on any atom is 0.270 e. The Morgan fingerprint density at radius 1 is 1.33 bits per heavy atom. The first-order valence-electron chi connectivity index (χ1n) is 6.93. The Morgan fingerprint density at radius 3 is 2.67 bits per heavy atom. The lowest BCUT2D eigenvalue weighted by atomic mass is 9.96. The fraction of sp³-hybridized carbons (Fsp3) is 0.400. The number of alkyl halides is 1. The molecule has 112 valence electrons. The summed E-state index contributed by atoms with van der Waals surface area (Å²) in [6.07, 6.45) is 6.35. The summed E-state index contributed by atoms with van der Waals surface area (Å²) in [5, 5.41) is 0.219. The van der Waals surface area contributed by atoms with E-state index in [4.69, 9.17) is 11.6 Å². The molecule has 0 radical (unpaired) electrons. The van der Waals surface area contributed by atoms with Crippen molar-refractivity contribution in [2.45, 2.75) is 32.1 Å². The molecule has 1 N–H and O–H groups in total. The molecule has 2 aromatic rings. The van der Waals surface area contributed by atoms with Crippen LogP contribution in [0.5, 0.6) is 0 Å². The van der Waals surface area contributed by atoms with Crippen LogP contribution in [0.3, 0.4) is 0 Å². The summed E-state index contributed by atoms with van der Waals surface area (Å²) in [6, 6.07) is 3.65. The third kappa shape index (κ3) is 4.03. The van der Waals surface area contributed by atoms with E-state index in [9.17, 15) is 4.79 Å². The molecule has 0 aliphatic heterocycles. The van der Waals surface area contributed by atoms with Crippen LogP contribution in [0.2, 0.25) is 5.02 Å². The molecular weight excluding hydrogens is 401 g/mol. The highest BCUT2D eigenvalue weighted by molar-refractivity contribution is 14.1. The second-order valence-electron chi connectivity index (χ2n) is 4.81. The zero-order valence-electron chi connectivity index (χ0n) is 11.8. The highest BCUT2D eigenvalue weighted by Gasteiger charge is 2.19. The van der Waals surface area contributed by atoms with Gasteiger partial charge in [-0.3, -0.25) is 9.78 Å². The molecule has 1 atom stereocenters. The molecule has 0 saturated carbocycles. The second-order valence-corrected chi connectivity index (χ2v) is 6.27. The van der Waals surface area contributed by atoms with Crippen molar-refractivity contribution in [1.29, 1.82) is 0 Å². The minimum absolute atomic E-state index is 0.219. The minimum atomic E-state index is -0.275. The van der Waals surface area contributed by atoms with Crippen molar-refractivity contribution in [2.24, 2.45) is 0 Å². The van der Waals surface area contributed by atoms with Gasteiger partial charge < -0.3 is 4.98 Å². The number of nitrogens with one attached hydrogen (secondary N) is 1. The van der Waals surface area contributed by atoms with Gasteiger partial charge in [-0.05, 0) is 25.0 Å². The van der Waals surface area contributed by atoms with Crippen LogP contribution in [0, 0.1) is 0 Å². The van der Waals surface area contributed by atoms with Crippen LogP contribution in [-0.2, 0) is 0 Å². The van der Waals surface area contributed by atoms with Gasteiger partial charge in [0.1, 0.15) is 10.8 Å². The first kappa shape index (κ1) is 16.4. The summed E-state index contributed by atoms with van der Waals surface area (Å²) in [5.74, 6) is 0.777. The Hall–Kier alpha value is -0.950. The maximum atomic E-state index is 12.1. The largest absolute Gasteiger partial charge is 0.305 e. The highest BCUT2D eigenvalue weighted by atomic mass is 127. The predicted octanol–water partition coefficient (Wildman–Crippen LogP) is 4.19. The van der Waals surface area contributed by atoms with E-state index in [0.29, 0.717) is 11.5 Å². The van der Waals surface area contributed by atoms with E-state index >= 15 is 0 Å². The number of hydrogen-bond donors (Lipinski definition) is 1. The number of aromatic nitrogens is 3. The van der Waals surface area contributed by atoms with Crippen LogP contribution in [0.25, 0.3) is 11.4 Å².